The molecule has 0 spiro atoms. The zero-order valence-electron chi connectivity index (χ0n) is 12.6. The maximum absolute atomic E-state index is 11.8. The molecule has 7 heteroatoms. The third kappa shape index (κ3) is 6.25. The summed E-state index contributed by atoms with van der Waals surface area (Å²) in [5.41, 5.74) is 10.6. The van der Waals surface area contributed by atoms with Crippen molar-refractivity contribution in [1.82, 2.24) is 0 Å². The van der Waals surface area contributed by atoms with Crippen LogP contribution in [-0.4, -0.2) is 31.6 Å². The van der Waals surface area contributed by atoms with Gasteiger partial charge in [0.2, 0.25) is 0 Å². The molecule has 1 aromatic carbocycles. The van der Waals surface area contributed by atoms with Gasteiger partial charge in [0.1, 0.15) is 11.3 Å². The number of carbonyl (C=O) groups is 2. The van der Waals surface area contributed by atoms with E-state index in [2.05, 4.69) is 9.73 Å². The van der Waals surface area contributed by atoms with Gasteiger partial charge in [0.15, 0.2) is 5.96 Å². The molecule has 0 aromatic heterocycles. The van der Waals surface area contributed by atoms with E-state index in [0.717, 1.165) is 12.8 Å². The maximum Gasteiger partial charge on any atom is 0.341 e. The van der Waals surface area contributed by atoms with Crippen LogP contribution in [0.15, 0.2) is 29.3 Å². The molecule has 4 N–H and O–H groups in total. The van der Waals surface area contributed by atoms with Crippen molar-refractivity contribution in [3.8, 4) is 5.75 Å². The van der Waals surface area contributed by atoms with Gasteiger partial charge in [0.05, 0.1) is 7.11 Å². The number of benzene rings is 1. The second kappa shape index (κ2) is 9.38. The van der Waals surface area contributed by atoms with Crippen LogP contribution < -0.4 is 16.2 Å². The van der Waals surface area contributed by atoms with E-state index >= 15 is 0 Å². The molecule has 1 rings (SSSR count). The molecule has 0 saturated carbocycles. The van der Waals surface area contributed by atoms with Gasteiger partial charge in [-0.15, -0.1) is 0 Å². The van der Waals surface area contributed by atoms with Crippen LogP contribution in [0.5, 0.6) is 5.75 Å². The SMILES string of the molecule is COC(=O)c1ccccc1OC(=O)CCCCCN=C(N)N. The lowest BCUT2D eigenvalue weighted by molar-refractivity contribution is -0.134. The molecule has 0 aliphatic heterocycles. The van der Waals surface area contributed by atoms with Gasteiger partial charge in [0.25, 0.3) is 0 Å². The predicted molar refractivity (Wildman–Crippen MR) is 82.6 cm³/mol. The Morgan fingerprint density at radius 1 is 1.14 bits per heavy atom. The quantitative estimate of drug-likeness (QED) is 0.245. The highest BCUT2D eigenvalue weighted by atomic mass is 16.5. The Bertz CT molecular complexity index is 539. The van der Waals surface area contributed by atoms with E-state index < -0.39 is 11.9 Å². The van der Waals surface area contributed by atoms with Crippen molar-refractivity contribution >= 4 is 17.9 Å². The van der Waals surface area contributed by atoms with Gasteiger partial charge < -0.3 is 20.9 Å². The minimum atomic E-state index is -0.541. The van der Waals surface area contributed by atoms with E-state index in [1.165, 1.54) is 7.11 Å². The molecule has 0 aliphatic carbocycles. The summed E-state index contributed by atoms with van der Waals surface area (Å²) in [5.74, 6) is -0.655. The molecule has 0 amide bonds. The highest BCUT2D eigenvalue weighted by Gasteiger charge is 2.14. The van der Waals surface area contributed by atoms with Crippen molar-refractivity contribution in [2.75, 3.05) is 13.7 Å². The number of aliphatic imine (C=N–C) groups is 1. The lowest BCUT2D eigenvalue weighted by Gasteiger charge is -2.08. The third-order valence-corrected chi connectivity index (χ3v) is 2.85. The van der Waals surface area contributed by atoms with Gasteiger partial charge in [-0.25, -0.2) is 4.79 Å². The molecule has 7 nitrogen and oxygen atoms in total. The van der Waals surface area contributed by atoms with Gasteiger partial charge >= 0.3 is 11.9 Å². The second-order valence-electron chi connectivity index (χ2n) is 4.58. The lowest BCUT2D eigenvalue weighted by Crippen LogP contribution is -2.22. The first-order valence-electron chi connectivity index (χ1n) is 6.98. The van der Waals surface area contributed by atoms with Gasteiger partial charge in [-0.3, -0.25) is 9.79 Å². The summed E-state index contributed by atoms with van der Waals surface area (Å²) < 4.78 is 9.85. The molecule has 0 atom stereocenters. The van der Waals surface area contributed by atoms with Crippen LogP contribution in [-0.2, 0) is 9.53 Å². The summed E-state index contributed by atoms with van der Waals surface area (Å²) in [5, 5.41) is 0. The van der Waals surface area contributed by atoms with Gasteiger partial charge in [-0.05, 0) is 25.0 Å². The summed E-state index contributed by atoms with van der Waals surface area (Å²) in [7, 11) is 1.28. The molecule has 0 unspecified atom stereocenters. The van der Waals surface area contributed by atoms with Gasteiger partial charge in [-0.1, -0.05) is 18.6 Å². The Hall–Kier alpha value is -2.57. The van der Waals surface area contributed by atoms with Crippen LogP contribution in [0.2, 0.25) is 0 Å². The normalized spacial score (nSPS) is 9.86. The smallest absolute Gasteiger partial charge is 0.341 e. The van der Waals surface area contributed by atoms with Crippen LogP contribution in [0, 0.1) is 0 Å². The Kier molecular flexibility index (Phi) is 7.45. The molecular formula is C15H21N3O4. The van der Waals surface area contributed by atoms with Crippen LogP contribution >= 0.6 is 0 Å². The van der Waals surface area contributed by atoms with Crippen molar-refractivity contribution in [2.45, 2.75) is 25.7 Å². The van der Waals surface area contributed by atoms with Crippen molar-refractivity contribution in [1.29, 1.82) is 0 Å². The number of rotatable bonds is 8. The first-order valence-corrected chi connectivity index (χ1v) is 6.98. The standard InChI is InChI=1S/C15H21N3O4/c1-21-14(20)11-7-4-5-8-12(11)22-13(19)9-3-2-6-10-18-15(16)17/h4-5,7-8H,2-3,6,9-10H2,1H3,(H4,16,17,18). The van der Waals surface area contributed by atoms with Gasteiger partial charge in [0, 0.05) is 13.0 Å². The molecule has 0 bridgehead atoms. The monoisotopic (exact) mass is 307 g/mol. The number of unbranched alkanes of at least 4 members (excludes halogenated alkanes) is 2. The van der Waals surface area contributed by atoms with E-state index in [0.29, 0.717) is 13.0 Å². The summed E-state index contributed by atoms with van der Waals surface area (Å²) in [6.07, 6.45) is 2.53. The number of nitrogens with two attached hydrogens (primary N) is 2. The largest absolute Gasteiger partial charge is 0.465 e. The maximum atomic E-state index is 11.8. The topological polar surface area (TPSA) is 117 Å². The number of hydrogen-bond acceptors (Lipinski definition) is 5. The lowest BCUT2D eigenvalue weighted by atomic mass is 10.2. The molecule has 1 aromatic rings. The molecule has 0 fully saturated rings. The fourth-order valence-corrected chi connectivity index (χ4v) is 1.77. The van der Waals surface area contributed by atoms with Crippen LogP contribution in [0.4, 0.5) is 0 Å². The molecular weight excluding hydrogens is 286 g/mol. The van der Waals surface area contributed by atoms with Crippen LogP contribution in [0.1, 0.15) is 36.0 Å². The number of carbonyl (C=O) groups excluding carboxylic acids is 2. The number of esters is 2. The Morgan fingerprint density at radius 2 is 1.86 bits per heavy atom. The molecule has 120 valence electrons. The molecule has 0 radical (unpaired) electrons. The van der Waals surface area contributed by atoms with Crippen molar-refractivity contribution < 1.29 is 19.1 Å². The van der Waals surface area contributed by atoms with Crippen LogP contribution in [0.3, 0.4) is 0 Å². The van der Waals surface area contributed by atoms with E-state index in [9.17, 15) is 9.59 Å². The van der Waals surface area contributed by atoms with Crippen molar-refractivity contribution in [3.05, 3.63) is 29.8 Å². The summed E-state index contributed by atoms with van der Waals surface area (Å²) in [6, 6.07) is 6.46. The Labute approximate surface area is 129 Å². The van der Waals surface area contributed by atoms with Crippen molar-refractivity contribution in [3.63, 3.8) is 0 Å². The minimum Gasteiger partial charge on any atom is -0.465 e. The average molecular weight is 307 g/mol. The number of para-hydroxylation sites is 1. The number of methoxy groups -OCH3 is 1. The number of nitrogens with zero attached hydrogens (tertiary/aromatic N) is 1. The third-order valence-electron chi connectivity index (χ3n) is 2.85. The van der Waals surface area contributed by atoms with Crippen LogP contribution in [0.25, 0.3) is 0 Å². The summed E-state index contributed by atoms with van der Waals surface area (Å²) in [4.78, 5) is 27.2. The highest BCUT2D eigenvalue weighted by molar-refractivity contribution is 5.93. The second-order valence-corrected chi connectivity index (χ2v) is 4.58. The highest BCUT2D eigenvalue weighted by Crippen LogP contribution is 2.19. The van der Waals surface area contributed by atoms with E-state index in [1.807, 2.05) is 0 Å². The first-order chi connectivity index (χ1) is 10.5. The Morgan fingerprint density at radius 3 is 2.55 bits per heavy atom. The number of ether oxygens (including phenoxy) is 2. The fourth-order valence-electron chi connectivity index (χ4n) is 1.77. The molecule has 0 aliphatic rings. The number of hydrogen-bond donors (Lipinski definition) is 2. The zero-order chi connectivity index (χ0) is 16.4. The van der Waals surface area contributed by atoms with E-state index in [4.69, 9.17) is 16.2 Å². The molecule has 22 heavy (non-hydrogen) atoms. The van der Waals surface area contributed by atoms with E-state index in [1.54, 1.807) is 24.3 Å². The first kappa shape index (κ1) is 17.5. The fraction of sp³-hybridized carbons (Fsp3) is 0.400. The summed E-state index contributed by atoms with van der Waals surface area (Å²) in [6.45, 7) is 0.544. The predicted octanol–water partition coefficient (Wildman–Crippen LogP) is 1.21. The number of guanidine groups is 1. The van der Waals surface area contributed by atoms with Crippen molar-refractivity contribution in [2.24, 2.45) is 16.5 Å². The zero-order valence-corrected chi connectivity index (χ0v) is 12.6. The van der Waals surface area contributed by atoms with Gasteiger partial charge in [-0.2, -0.15) is 0 Å². The molecule has 0 saturated heterocycles. The average Bonchev–Trinajstić information content (AvgIpc) is 2.50. The minimum absolute atomic E-state index is 0.0684. The summed E-state index contributed by atoms with van der Waals surface area (Å²) >= 11 is 0. The van der Waals surface area contributed by atoms with E-state index in [-0.39, 0.29) is 23.7 Å². The Balaban J connectivity index is 2.40. The molecule has 0 heterocycles.